The smallest absolute Gasteiger partial charge is 0.258 e. The van der Waals surface area contributed by atoms with Crippen LogP contribution in [0.25, 0.3) is 0 Å². The van der Waals surface area contributed by atoms with Crippen molar-refractivity contribution in [3.05, 3.63) is 65.2 Å². The molecule has 1 amide bonds. The van der Waals surface area contributed by atoms with Gasteiger partial charge in [-0.2, -0.15) is 5.26 Å². The number of para-hydroxylation sites is 1. The van der Waals surface area contributed by atoms with Crippen LogP contribution in [0.15, 0.2) is 48.5 Å². The molecule has 0 atom stereocenters. The summed E-state index contributed by atoms with van der Waals surface area (Å²) in [6.07, 6.45) is 0. The Kier molecular flexibility index (Phi) is 6.80. The maximum absolute atomic E-state index is 12.1. The van der Waals surface area contributed by atoms with Crippen molar-refractivity contribution >= 4 is 5.91 Å². The number of hydrogen-bond acceptors (Lipinski definition) is 5. The summed E-state index contributed by atoms with van der Waals surface area (Å²) in [5.74, 6) is 0.201. The molecule has 0 saturated carbocycles. The molecule has 3 rings (SSSR count). The molecule has 1 saturated heterocycles. The summed E-state index contributed by atoms with van der Waals surface area (Å²) < 4.78 is 10.9. The van der Waals surface area contributed by atoms with Crippen LogP contribution in [0.2, 0.25) is 0 Å². The van der Waals surface area contributed by atoms with Gasteiger partial charge in [0.25, 0.3) is 5.91 Å². The van der Waals surface area contributed by atoms with E-state index in [0.29, 0.717) is 17.9 Å². The molecule has 140 valence electrons. The van der Waals surface area contributed by atoms with E-state index in [1.165, 1.54) is 5.56 Å². The lowest BCUT2D eigenvalue weighted by Crippen LogP contribution is -2.36. The largest absolute Gasteiger partial charge is 0.482 e. The predicted molar refractivity (Wildman–Crippen MR) is 101 cm³/mol. The fourth-order valence-electron chi connectivity index (χ4n) is 2.96. The molecule has 0 radical (unpaired) electrons. The lowest BCUT2D eigenvalue weighted by Gasteiger charge is -2.27. The van der Waals surface area contributed by atoms with Crippen molar-refractivity contribution < 1.29 is 14.3 Å². The van der Waals surface area contributed by atoms with Gasteiger partial charge in [0, 0.05) is 26.2 Å². The average molecular weight is 365 g/mol. The zero-order valence-corrected chi connectivity index (χ0v) is 15.2. The van der Waals surface area contributed by atoms with Crippen LogP contribution in [0.4, 0.5) is 0 Å². The van der Waals surface area contributed by atoms with Crippen LogP contribution in [0, 0.1) is 11.3 Å². The Morgan fingerprint density at radius 1 is 1.11 bits per heavy atom. The first-order chi connectivity index (χ1) is 13.3. The van der Waals surface area contributed by atoms with Crippen molar-refractivity contribution in [2.45, 2.75) is 13.1 Å². The van der Waals surface area contributed by atoms with Gasteiger partial charge in [-0.25, -0.2) is 0 Å². The highest BCUT2D eigenvalue weighted by Gasteiger charge is 2.13. The van der Waals surface area contributed by atoms with Crippen molar-refractivity contribution in [2.75, 3.05) is 32.9 Å². The van der Waals surface area contributed by atoms with E-state index in [0.717, 1.165) is 38.4 Å². The van der Waals surface area contributed by atoms with Crippen LogP contribution < -0.4 is 10.1 Å². The second kappa shape index (κ2) is 9.72. The molecule has 0 aromatic heterocycles. The third-order valence-electron chi connectivity index (χ3n) is 4.46. The minimum absolute atomic E-state index is 0.121. The van der Waals surface area contributed by atoms with Gasteiger partial charge in [-0.15, -0.1) is 0 Å². The molecular formula is C21H23N3O3. The summed E-state index contributed by atoms with van der Waals surface area (Å²) in [4.78, 5) is 14.5. The minimum Gasteiger partial charge on any atom is -0.482 e. The molecular weight excluding hydrogens is 342 g/mol. The average Bonchev–Trinajstić information content (AvgIpc) is 2.72. The van der Waals surface area contributed by atoms with Crippen LogP contribution in [0.5, 0.6) is 5.75 Å². The summed E-state index contributed by atoms with van der Waals surface area (Å²) in [6.45, 7) is 4.55. The zero-order valence-electron chi connectivity index (χ0n) is 15.2. The number of rotatable bonds is 7. The number of benzene rings is 2. The van der Waals surface area contributed by atoms with Crippen molar-refractivity contribution in [1.29, 1.82) is 5.26 Å². The zero-order chi connectivity index (χ0) is 18.9. The highest BCUT2D eigenvalue weighted by atomic mass is 16.5. The number of carbonyl (C=O) groups excluding carboxylic acids is 1. The van der Waals surface area contributed by atoms with Crippen LogP contribution >= 0.6 is 0 Å². The Balaban J connectivity index is 1.52. The summed E-state index contributed by atoms with van der Waals surface area (Å²) in [5.41, 5.74) is 2.71. The van der Waals surface area contributed by atoms with E-state index in [4.69, 9.17) is 14.7 Å². The van der Waals surface area contributed by atoms with Gasteiger partial charge < -0.3 is 14.8 Å². The Hall–Kier alpha value is -2.88. The maximum atomic E-state index is 12.1. The SMILES string of the molecule is N#Cc1ccccc1OCC(=O)NCc1ccccc1CN1CCOCC1. The fourth-order valence-corrected chi connectivity index (χ4v) is 2.96. The fraction of sp³-hybridized carbons (Fsp3) is 0.333. The lowest BCUT2D eigenvalue weighted by molar-refractivity contribution is -0.123. The van der Waals surface area contributed by atoms with E-state index in [1.54, 1.807) is 24.3 Å². The van der Waals surface area contributed by atoms with Gasteiger partial charge in [0.1, 0.15) is 11.8 Å². The van der Waals surface area contributed by atoms with Crippen LogP contribution in [0.1, 0.15) is 16.7 Å². The van der Waals surface area contributed by atoms with E-state index in [-0.39, 0.29) is 12.5 Å². The standard InChI is InChI=1S/C21H23N3O3/c22-13-17-5-3-4-8-20(17)27-16-21(25)23-14-18-6-1-2-7-19(18)15-24-9-11-26-12-10-24/h1-8H,9-12,14-16H2,(H,23,25). The Bertz CT molecular complexity index is 810. The third kappa shape index (κ3) is 5.55. The normalized spacial score (nSPS) is 14.3. The number of hydrogen-bond donors (Lipinski definition) is 1. The van der Waals surface area contributed by atoms with Crippen molar-refractivity contribution in [3.8, 4) is 11.8 Å². The summed E-state index contributed by atoms with van der Waals surface area (Å²) in [6, 6.07) is 17.1. The third-order valence-corrected chi connectivity index (χ3v) is 4.46. The number of nitrogens with zero attached hydrogens (tertiary/aromatic N) is 2. The topological polar surface area (TPSA) is 74.6 Å². The maximum Gasteiger partial charge on any atom is 0.258 e. The number of nitrogens with one attached hydrogen (secondary N) is 1. The van der Waals surface area contributed by atoms with Gasteiger partial charge in [-0.3, -0.25) is 9.69 Å². The molecule has 0 unspecified atom stereocenters. The summed E-state index contributed by atoms with van der Waals surface area (Å²) >= 11 is 0. The molecule has 6 nitrogen and oxygen atoms in total. The van der Waals surface area contributed by atoms with Gasteiger partial charge in [-0.05, 0) is 23.3 Å². The molecule has 2 aromatic rings. The van der Waals surface area contributed by atoms with Crippen LogP contribution in [-0.4, -0.2) is 43.7 Å². The van der Waals surface area contributed by atoms with Crippen molar-refractivity contribution in [1.82, 2.24) is 10.2 Å². The number of morpholine rings is 1. The molecule has 0 aliphatic carbocycles. The Labute approximate surface area is 159 Å². The van der Waals surface area contributed by atoms with E-state index < -0.39 is 0 Å². The predicted octanol–water partition coefficient (Wildman–Crippen LogP) is 2.09. The molecule has 1 aliphatic rings. The van der Waals surface area contributed by atoms with E-state index in [1.807, 2.05) is 18.2 Å². The van der Waals surface area contributed by atoms with E-state index in [2.05, 4.69) is 22.4 Å². The van der Waals surface area contributed by atoms with E-state index in [9.17, 15) is 4.79 Å². The summed E-state index contributed by atoms with van der Waals surface area (Å²) in [5, 5.41) is 12.0. The first-order valence-corrected chi connectivity index (χ1v) is 9.02. The van der Waals surface area contributed by atoms with Gasteiger partial charge >= 0.3 is 0 Å². The molecule has 1 heterocycles. The first-order valence-electron chi connectivity index (χ1n) is 9.02. The molecule has 0 spiro atoms. The molecule has 0 bridgehead atoms. The Morgan fingerprint density at radius 3 is 2.59 bits per heavy atom. The first kappa shape index (κ1) is 18.9. The van der Waals surface area contributed by atoms with E-state index >= 15 is 0 Å². The van der Waals surface area contributed by atoms with Crippen LogP contribution in [-0.2, 0) is 22.6 Å². The summed E-state index contributed by atoms with van der Waals surface area (Å²) in [7, 11) is 0. The second-order valence-electron chi connectivity index (χ2n) is 6.33. The molecule has 1 N–H and O–H groups in total. The minimum atomic E-state index is -0.219. The van der Waals surface area contributed by atoms with Gasteiger partial charge in [0.05, 0.1) is 18.8 Å². The van der Waals surface area contributed by atoms with Gasteiger partial charge in [0.15, 0.2) is 6.61 Å². The lowest BCUT2D eigenvalue weighted by atomic mass is 10.1. The highest BCUT2D eigenvalue weighted by Crippen LogP contribution is 2.16. The molecule has 27 heavy (non-hydrogen) atoms. The van der Waals surface area contributed by atoms with Gasteiger partial charge in [0.2, 0.25) is 0 Å². The van der Waals surface area contributed by atoms with Crippen molar-refractivity contribution in [3.63, 3.8) is 0 Å². The van der Waals surface area contributed by atoms with Crippen molar-refractivity contribution in [2.24, 2.45) is 0 Å². The Morgan fingerprint density at radius 2 is 1.81 bits per heavy atom. The number of carbonyl (C=O) groups is 1. The van der Waals surface area contributed by atoms with Crippen LogP contribution in [0.3, 0.4) is 0 Å². The van der Waals surface area contributed by atoms with Gasteiger partial charge in [-0.1, -0.05) is 36.4 Å². The number of nitriles is 1. The quantitative estimate of drug-likeness (QED) is 0.813. The molecule has 1 fully saturated rings. The molecule has 2 aromatic carbocycles. The second-order valence-corrected chi connectivity index (χ2v) is 6.33. The highest BCUT2D eigenvalue weighted by molar-refractivity contribution is 5.77. The molecule has 1 aliphatic heterocycles. The number of amides is 1. The monoisotopic (exact) mass is 365 g/mol. The number of ether oxygens (including phenoxy) is 2. The molecule has 6 heteroatoms.